The van der Waals surface area contributed by atoms with Crippen LogP contribution in [0, 0.1) is 11.8 Å². The Hall–Kier alpha value is -2.70. The van der Waals surface area contributed by atoms with Crippen molar-refractivity contribution in [1.82, 2.24) is 0 Å². The number of carboxylic acid groups (broad SMARTS) is 2. The fraction of sp³-hybridized carbons (Fsp3) is 0.611. The summed E-state index contributed by atoms with van der Waals surface area (Å²) in [6, 6.07) is 21.1. The molecule has 0 aliphatic rings. The first-order valence-corrected chi connectivity index (χ1v) is 15.7. The summed E-state index contributed by atoms with van der Waals surface area (Å²) in [4.78, 5) is 20.7. The van der Waals surface area contributed by atoms with E-state index in [4.69, 9.17) is 0 Å². The molecule has 0 aliphatic heterocycles. The van der Waals surface area contributed by atoms with E-state index in [9.17, 15) is 19.8 Å². The second-order valence-electron chi connectivity index (χ2n) is 13.0. The van der Waals surface area contributed by atoms with Crippen molar-refractivity contribution in [2.45, 2.75) is 92.2 Å². The molecule has 0 amide bonds. The third kappa shape index (κ3) is 26.2. The SMILES string of the molecule is CCCCC(CC)C(=O)[O-].CCCCC(CC)C(=O)[O-].C[N+](C)(C)Cc1ccccc1.C[N+](C)(C)Cc1ccccc1. The Balaban J connectivity index is 0. The van der Waals surface area contributed by atoms with Crippen molar-refractivity contribution in [1.29, 1.82) is 0 Å². The quantitative estimate of drug-likeness (QED) is 0.266. The number of carbonyl (C=O) groups excluding carboxylic acids is 2. The van der Waals surface area contributed by atoms with Crippen LogP contribution >= 0.6 is 0 Å². The van der Waals surface area contributed by atoms with Gasteiger partial charge in [0.05, 0.1) is 42.3 Å². The van der Waals surface area contributed by atoms with Crippen LogP contribution in [0.5, 0.6) is 0 Å². The maximum absolute atomic E-state index is 10.3. The molecule has 0 aromatic heterocycles. The van der Waals surface area contributed by atoms with Crippen molar-refractivity contribution in [3.63, 3.8) is 0 Å². The molecule has 0 fully saturated rings. The van der Waals surface area contributed by atoms with E-state index in [1.54, 1.807) is 0 Å². The van der Waals surface area contributed by atoms with E-state index in [2.05, 4.69) is 117 Å². The summed E-state index contributed by atoms with van der Waals surface area (Å²) in [5.74, 6) is -2.23. The average molecular weight is 587 g/mol. The maximum atomic E-state index is 10.3. The lowest BCUT2D eigenvalue weighted by atomic mass is 10.00. The number of benzene rings is 2. The Bertz CT molecular complexity index is 841. The smallest absolute Gasteiger partial charge is 0.104 e. The minimum absolute atomic E-state index is 0.222. The maximum Gasteiger partial charge on any atom is 0.104 e. The summed E-state index contributed by atoms with van der Waals surface area (Å²) in [5, 5.41) is 20.7. The highest BCUT2D eigenvalue weighted by Crippen LogP contribution is 2.11. The number of rotatable bonds is 14. The van der Waals surface area contributed by atoms with E-state index < -0.39 is 11.9 Å². The predicted octanol–water partition coefficient (Wildman–Crippen LogP) is 5.69. The Morgan fingerprint density at radius 3 is 1.05 bits per heavy atom. The highest BCUT2D eigenvalue weighted by molar-refractivity contribution is 5.67. The molecule has 6 heteroatoms. The van der Waals surface area contributed by atoms with E-state index in [0.717, 1.165) is 60.6 Å². The van der Waals surface area contributed by atoms with Gasteiger partial charge in [0, 0.05) is 23.1 Å². The molecule has 2 unspecified atom stereocenters. The van der Waals surface area contributed by atoms with Crippen molar-refractivity contribution in [2.24, 2.45) is 11.8 Å². The van der Waals surface area contributed by atoms with E-state index in [1.807, 2.05) is 13.8 Å². The standard InChI is InChI=1S/2C10H16N.2C8H16O2/c2*1-11(2,3)9-10-7-5-4-6-8-10;2*1-3-5-6-7(4-2)8(9)10/h2*4-8H,9H2,1-3H3;2*7H,3-6H2,1-2H3,(H,9,10)/q2*+1;;/p-2. The number of carboxylic acids is 2. The second kappa shape index (κ2) is 23.8. The molecule has 2 aromatic rings. The normalized spacial score (nSPS) is 12.2. The summed E-state index contributed by atoms with van der Waals surface area (Å²) >= 11 is 0. The molecular weight excluding hydrogens is 524 g/mol. The molecule has 2 rings (SSSR count). The van der Waals surface area contributed by atoms with Gasteiger partial charge >= 0.3 is 0 Å². The van der Waals surface area contributed by atoms with Gasteiger partial charge in [0.15, 0.2) is 0 Å². The van der Waals surface area contributed by atoms with Crippen LogP contribution in [0.25, 0.3) is 0 Å². The molecule has 0 radical (unpaired) electrons. The van der Waals surface area contributed by atoms with E-state index in [1.165, 1.54) is 11.1 Å². The van der Waals surface area contributed by atoms with Gasteiger partial charge in [-0.3, -0.25) is 0 Å². The van der Waals surface area contributed by atoms with Crippen molar-refractivity contribution in [3.8, 4) is 0 Å². The van der Waals surface area contributed by atoms with Crippen LogP contribution in [0.15, 0.2) is 60.7 Å². The average Bonchev–Trinajstić information content (AvgIpc) is 2.90. The molecule has 2 aromatic carbocycles. The van der Waals surface area contributed by atoms with Gasteiger partial charge in [-0.05, 0) is 37.5 Å². The van der Waals surface area contributed by atoms with Crippen LogP contribution in [0.3, 0.4) is 0 Å². The summed E-state index contributed by atoms with van der Waals surface area (Å²) < 4.78 is 1.98. The van der Waals surface area contributed by atoms with Crippen LogP contribution in [0.1, 0.15) is 90.2 Å². The molecular formula is C36H62N2O4. The van der Waals surface area contributed by atoms with E-state index in [-0.39, 0.29) is 11.8 Å². The lowest BCUT2D eigenvalue weighted by Crippen LogP contribution is -2.33. The molecule has 0 spiro atoms. The first-order valence-electron chi connectivity index (χ1n) is 15.7. The lowest BCUT2D eigenvalue weighted by Gasteiger charge is -2.23. The van der Waals surface area contributed by atoms with Crippen molar-refractivity contribution in [2.75, 3.05) is 42.3 Å². The largest absolute Gasteiger partial charge is 0.550 e. The first-order chi connectivity index (χ1) is 19.6. The van der Waals surface area contributed by atoms with Crippen LogP contribution < -0.4 is 10.2 Å². The summed E-state index contributed by atoms with van der Waals surface area (Å²) in [7, 11) is 13.2. The van der Waals surface area contributed by atoms with Crippen LogP contribution in [-0.2, 0) is 22.7 Å². The van der Waals surface area contributed by atoms with Gasteiger partial charge in [0.2, 0.25) is 0 Å². The summed E-state index contributed by atoms with van der Waals surface area (Å²) in [6.07, 6.45) is 7.04. The van der Waals surface area contributed by atoms with Crippen LogP contribution in [0.4, 0.5) is 0 Å². The molecule has 2 atom stereocenters. The number of quaternary nitrogens is 2. The minimum atomic E-state index is -0.893. The number of hydrogen-bond donors (Lipinski definition) is 0. The van der Waals surface area contributed by atoms with Crippen LogP contribution in [0.2, 0.25) is 0 Å². The van der Waals surface area contributed by atoms with Gasteiger partial charge in [0.1, 0.15) is 13.1 Å². The topological polar surface area (TPSA) is 80.3 Å². The zero-order valence-corrected chi connectivity index (χ0v) is 28.5. The van der Waals surface area contributed by atoms with Crippen molar-refractivity contribution < 1.29 is 28.8 Å². The monoisotopic (exact) mass is 586 g/mol. The molecule has 6 nitrogen and oxygen atoms in total. The van der Waals surface area contributed by atoms with Gasteiger partial charge < -0.3 is 28.8 Å². The predicted molar refractivity (Wildman–Crippen MR) is 173 cm³/mol. The molecule has 0 heterocycles. The van der Waals surface area contributed by atoms with Gasteiger partial charge in [-0.2, -0.15) is 0 Å². The zero-order valence-electron chi connectivity index (χ0n) is 28.5. The van der Waals surface area contributed by atoms with Crippen LogP contribution in [-0.4, -0.2) is 63.2 Å². The van der Waals surface area contributed by atoms with E-state index >= 15 is 0 Å². The van der Waals surface area contributed by atoms with Crippen molar-refractivity contribution in [3.05, 3.63) is 71.8 Å². The Morgan fingerprint density at radius 1 is 0.571 bits per heavy atom. The zero-order chi connectivity index (χ0) is 32.6. The molecule has 0 aliphatic carbocycles. The highest BCUT2D eigenvalue weighted by Gasteiger charge is 2.08. The Morgan fingerprint density at radius 2 is 0.857 bits per heavy atom. The molecule has 42 heavy (non-hydrogen) atoms. The summed E-state index contributed by atoms with van der Waals surface area (Å²) in [5.41, 5.74) is 2.81. The number of unbranched alkanes of at least 4 members (excludes halogenated alkanes) is 2. The number of aliphatic carboxylic acids is 2. The summed E-state index contributed by atoms with van der Waals surface area (Å²) in [6.45, 7) is 10.1. The third-order valence-corrected chi connectivity index (χ3v) is 6.46. The molecule has 0 saturated heterocycles. The van der Waals surface area contributed by atoms with Crippen molar-refractivity contribution >= 4 is 11.9 Å². The van der Waals surface area contributed by atoms with Gasteiger partial charge in [-0.25, -0.2) is 0 Å². The Kier molecular flexibility index (Phi) is 23.5. The van der Waals surface area contributed by atoms with Gasteiger partial charge in [-0.15, -0.1) is 0 Å². The first kappa shape index (κ1) is 41.4. The number of hydrogen-bond acceptors (Lipinski definition) is 4. The molecule has 0 N–H and O–H groups in total. The number of nitrogens with zero attached hydrogens (tertiary/aromatic N) is 2. The third-order valence-electron chi connectivity index (χ3n) is 6.46. The minimum Gasteiger partial charge on any atom is -0.550 e. The molecule has 240 valence electrons. The van der Waals surface area contributed by atoms with Gasteiger partial charge in [0.25, 0.3) is 0 Å². The van der Waals surface area contributed by atoms with Gasteiger partial charge in [-0.1, -0.05) is 114 Å². The Labute approximate surface area is 258 Å². The fourth-order valence-electron chi connectivity index (χ4n) is 4.14. The fourth-order valence-corrected chi connectivity index (χ4v) is 4.14. The lowest BCUT2D eigenvalue weighted by molar-refractivity contribution is -0.884. The molecule has 0 bridgehead atoms. The highest BCUT2D eigenvalue weighted by atomic mass is 16.4. The molecule has 0 saturated carbocycles. The van der Waals surface area contributed by atoms with E-state index in [0.29, 0.717) is 12.8 Å². The number of carbonyl (C=O) groups is 2. The second-order valence-corrected chi connectivity index (χ2v) is 13.0.